The molecule has 0 bridgehead atoms. The van der Waals surface area contributed by atoms with Crippen LogP contribution in [0.5, 0.6) is 0 Å². The molecule has 0 fully saturated rings. The summed E-state index contributed by atoms with van der Waals surface area (Å²) in [5, 5.41) is 3.43. The van der Waals surface area contributed by atoms with Gasteiger partial charge in [0, 0.05) is 17.7 Å². The summed E-state index contributed by atoms with van der Waals surface area (Å²) in [6.07, 6.45) is 8.80. The van der Waals surface area contributed by atoms with Gasteiger partial charge >= 0.3 is 6.18 Å². The summed E-state index contributed by atoms with van der Waals surface area (Å²) in [5.41, 5.74) is 4.03. The number of nitrogens with one attached hydrogen (secondary N) is 1. The molecule has 4 aliphatic rings. The maximum absolute atomic E-state index is 12.8. The third-order valence-corrected chi connectivity index (χ3v) is 5.13. The fourth-order valence-electron chi connectivity index (χ4n) is 3.92. The van der Waals surface area contributed by atoms with Crippen LogP contribution < -0.4 is 5.32 Å². The average Bonchev–Trinajstić information content (AvgIpc) is 2.95. The number of alkyl halides is 3. The number of allylic oxidation sites excluding steroid dienone is 8. The van der Waals surface area contributed by atoms with Gasteiger partial charge in [-0.15, -0.1) is 0 Å². The minimum absolute atomic E-state index is 0.0547. The van der Waals surface area contributed by atoms with Gasteiger partial charge in [0.15, 0.2) is 5.78 Å². The SMILES string of the molecule is O=C1CCCCC2=C3C1=CC=CC3NC2=C1C=CC(C(F)(F)F)=CC1. The zero-order valence-electron chi connectivity index (χ0n) is 13.6. The normalized spacial score (nSPS) is 28.9. The number of hydrogen-bond acceptors (Lipinski definition) is 2. The van der Waals surface area contributed by atoms with Crippen LogP contribution in [0.15, 0.2) is 70.0 Å². The second kappa shape index (κ2) is 5.90. The largest absolute Gasteiger partial charge is 0.416 e. The lowest BCUT2D eigenvalue weighted by Gasteiger charge is -2.19. The number of carbonyl (C=O) groups is 1. The Morgan fingerprint density at radius 2 is 1.92 bits per heavy atom. The van der Waals surface area contributed by atoms with Crippen LogP contribution in [0.2, 0.25) is 0 Å². The van der Waals surface area contributed by atoms with E-state index >= 15 is 0 Å². The third kappa shape index (κ3) is 2.81. The Bertz CT molecular complexity index is 818. The molecule has 2 nitrogen and oxygen atoms in total. The van der Waals surface area contributed by atoms with E-state index in [-0.39, 0.29) is 18.2 Å². The molecule has 4 rings (SSSR count). The number of Topliss-reactive ketones (excluding diaryl/α,β-unsaturated/α-hetero) is 1. The first-order chi connectivity index (χ1) is 11.9. The Kier molecular flexibility index (Phi) is 3.82. The summed E-state index contributed by atoms with van der Waals surface area (Å²) in [7, 11) is 0. The smallest absolute Gasteiger partial charge is 0.374 e. The predicted octanol–water partition coefficient (Wildman–Crippen LogP) is 4.60. The number of carbonyl (C=O) groups excluding carboxylic acids is 1. The molecule has 0 amide bonds. The van der Waals surface area contributed by atoms with Crippen LogP contribution in [-0.2, 0) is 4.79 Å². The molecule has 25 heavy (non-hydrogen) atoms. The van der Waals surface area contributed by atoms with Crippen molar-refractivity contribution < 1.29 is 18.0 Å². The van der Waals surface area contributed by atoms with Gasteiger partial charge in [0.1, 0.15) is 0 Å². The van der Waals surface area contributed by atoms with Crippen molar-refractivity contribution in [3.8, 4) is 0 Å². The average molecular weight is 345 g/mol. The lowest BCUT2D eigenvalue weighted by Crippen LogP contribution is -2.26. The van der Waals surface area contributed by atoms with E-state index in [0.29, 0.717) is 6.42 Å². The highest BCUT2D eigenvalue weighted by Crippen LogP contribution is 2.41. The Balaban J connectivity index is 1.75. The van der Waals surface area contributed by atoms with Crippen molar-refractivity contribution in [2.45, 2.75) is 44.3 Å². The van der Waals surface area contributed by atoms with Gasteiger partial charge in [-0.25, -0.2) is 0 Å². The van der Waals surface area contributed by atoms with Crippen molar-refractivity contribution in [3.63, 3.8) is 0 Å². The first kappa shape index (κ1) is 16.2. The van der Waals surface area contributed by atoms with E-state index in [1.165, 1.54) is 6.08 Å². The molecule has 1 atom stereocenters. The maximum atomic E-state index is 12.8. The molecule has 1 heterocycles. The van der Waals surface area contributed by atoms with E-state index in [0.717, 1.165) is 53.3 Å². The fourth-order valence-corrected chi connectivity index (χ4v) is 3.92. The van der Waals surface area contributed by atoms with Crippen molar-refractivity contribution in [2.75, 3.05) is 0 Å². The van der Waals surface area contributed by atoms with E-state index in [1.807, 2.05) is 18.2 Å². The van der Waals surface area contributed by atoms with Crippen LogP contribution in [0.25, 0.3) is 0 Å². The van der Waals surface area contributed by atoms with E-state index in [1.54, 1.807) is 6.08 Å². The quantitative estimate of drug-likeness (QED) is 0.695. The molecular weight excluding hydrogens is 327 g/mol. The van der Waals surface area contributed by atoms with E-state index in [4.69, 9.17) is 0 Å². The van der Waals surface area contributed by atoms with Crippen LogP contribution in [0.3, 0.4) is 0 Å². The maximum Gasteiger partial charge on any atom is 0.416 e. The molecule has 130 valence electrons. The minimum atomic E-state index is -4.31. The van der Waals surface area contributed by atoms with Crippen molar-refractivity contribution >= 4 is 5.78 Å². The van der Waals surface area contributed by atoms with Gasteiger partial charge in [-0.1, -0.05) is 30.4 Å². The number of ketones is 1. The second-order valence-corrected chi connectivity index (χ2v) is 6.70. The molecule has 1 aliphatic heterocycles. The molecule has 1 unspecified atom stereocenters. The highest BCUT2D eigenvalue weighted by molar-refractivity contribution is 6.01. The van der Waals surface area contributed by atoms with Gasteiger partial charge in [0.05, 0.1) is 11.6 Å². The highest BCUT2D eigenvalue weighted by Gasteiger charge is 2.36. The van der Waals surface area contributed by atoms with Crippen molar-refractivity contribution in [1.82, 2.24) is 5.32 Å². The third-order valence-electron chi connectivity index (χ3n) is 5.13. The summed E-state index contributed by atoms with van der Waals surface area (Å²) in [5.74, 6) is 0.160. The topological polar surface area (TPSA) is 29.1 Å². The first-order valence-electron chi connectivity index (χ1n) is 8.56. The molecule has 3 aliphatic carbocycles. The van der Waals surface area contributed by atoms with Crippen LogP contribution in [0, 0.1) is 0 Å². The number of halogens is 3. The van der Waals surface area contributed by atoms with Crippen LogP contribution in [0.1, 0.15) is 32.1 Å². The number of hydrogen-bond donors (Lipinski definition) is 1. The summed E-state index contributed by atoms with van der Waals surface area (Å²) in [6.45, 7) is 0. The minimum Gasteiger partial charge on any atom is -0.374 e. The summed E-state index contributed by atoms with van der Waals surface area (Å²) in [4.78, 5) is 12.4. The van der Waals surface area contributed by atoms with Gasteiger partial charge in [-0.3, -0.25) is 4.79 Å². The van der Waals surface area contributed by atoms with Crippen LogP contribution in [-0.4, -0.2) is 18.0 Å². The predicted molar refractivity (Wildman–Crippen MR) is 89.6 cm³/mol. The molecule has 0 aromatic rings. The molecule has 0 spiro atoms. The molecule has 5 heteroatoms. The van der Waals surface area contributed by atoms with E-state index < -0.39 is 11.7 Å². The fraction of sp³-hybridized carbons (Fsp3) is 0.350. The van der Waals surface area contributed by atoms with Gasteiger partial charge in [0.2, 0.25) is 0 Å². The molecular formula is C20H18F3NO. The molecule has 0 aromatic heterocycles. The van der Waals surface area contributed by atoms with Crippen molar-refractivity contribution in [2.24, 2.45) is 0 Å². The molecule has 1 N–H and O–H groups in total. The Labute approximate surface area is 144 Å². The Hall–Kier alpha value is -2.30. The zero-order chi connectivity index (χ0) is 17.6. The summed E-state index contributed by atoms with van der Waals surface area (Å²) < 4.78 is 38.5. The van der Waals surface area contributed by atoms with E-state index in [9.17, 15) is 18.0 Å². The molecule has 0 radical (unpaired) electrons. The highest BCUT2D eigenvalue weighted by atomic mass is 19.4. The van der Waals surface area contributed by atoms with Gasteiger partial charge < -0.3 is 5.32 Å². The Morgan fingerprint density at radius 3 is 2.64 bits per heavy atom. The zero-order valence-corrected chi connectivity index (χ0v) is 13.6. The summed E-state index contributed by atoms with van der Waals surface area (Å²) >= 11 is 0. The molecule has 0 aromatic carbocycles. The van der Waals surface area contributed by atoms with E-state index in [2.05, 4.69) is 5.32 Å². The molecule has 0 saturated carbocycles. The second-order valence-electron chi connectivity index (χ2n) is 6.70. The first-order valence-corrected chi connectivity index (χ1v) is 8.56. The van der Waals surface area contributed by atoms with Crippen molar-refractivity contribution in [3.05, 3.63) is 70.0 Å². The monoisotopic (exact) mass is 345 g/mol. The van der Waals surface area contributed by atoms with Gasteiger partial charge in [-0.05, 0) is 48.5 Å². The van der Waals surface area contributed by atoms with Crippen molar-refractivity contribution in [1.29, 1.82) is 0 Å². The van der Waals surface area contributed by atoms with Crippen LogP contribution in [0.4, 0.5) is 13.2 Å². The van der Waals surface area contributed by atoms with Gasteiger partial charge in [-0.2, -0.15) is 13.2 Å². The lowest BCUT2D eigenvalue weighted by atomic mass is 9.83. The molecule has 0 saturated heterocycles. The van der Waals surface area contributed by atoms with Gasteiger partial charge in [0.25, 0.3) is 0 Å². The standard InChI is InChI=1S/C20H18F3NO/c21-20(22,23)13-10-8-12(9-11-13)19-15-4-1-2-7-17(25)14-5-3-6-16(24-19)18(14)15/h3,5-6,8,10-11,16,24H,1-2,4,7,9H2. The lowest BCUT2D eigenvalue weighted by molar-refractivity contribution is -0.115. The summed E-state index contributed by atoms with van der Waals surface area (Å²) in [6, 6.07) is -0.0547. The number of rotatable bonds is 0. The Morgan fingerprint density at radius 1 is 1.12 bits per heavy atom. The van der Waals surface area contributed by atoms with Crippen LogP contribution >= 0.6 is 0 Å².